The lowest BCUT2D eigenvalue weighted by Crippen LogP contribution is -2.30. The molecule has 0 bridgehead atoms. The molecule has 0 rings (SSSR count). The van der Waals surface area contributed by atoms with Crippen molar-refractivity contribution in [1.29, 1.82) is 0 Å². The fraction of sp³-hybridized carbons (Fsp3) is 0.901. The van der Waals surface area contributed by atoms with Gasteiger partial charge in [0.05, 0.1) is 0 Å². The molecule has 6 heteroatoms. The van der Waals surface area contributed by atoms with Crippen LogP contribution in [0.2, 0.25) is 0 Å². The lowest BCUT2D eigenvalue weighted by molar-refractivity contribution is -0.167. The largest absolute Gasteiger partial charge is 0.462 e. The molecule has 0 aliphatic rings. The van der Waals surface area contributed by atoms with E-state index >= 15 is 0 Å². The summed E-state index contributed by atoms with van der Waals surface area (Å²) in [4.78, 5) is 38.4. The van der Waals surface area contributed by atoms with Gasteiger partial charge in [-0.1, -0.05) is 347 Å². The number of allylic oxidation sites excluding steroid dienone is 4. The van der Waals surface area contributed by atoms with Crippen LogP contribution in [-0.2, 0) is 28.6 Å². The Morgan fingerprint density at radius 1 is 0.260 bits per heavy atom. The summed E-state index contributed by atoms with van der Waals surface area (Å²) in [6.45, 7) is 6.69. The number of rotatable bonds is 65. The zero-order valence-corrected chi connectivity index (χ0v) is 52.3. The lowest BCUT2D eigenvalue weighted by Gasteiger charge is -2.18. The molecule has 0 N–H and O–H groups in total. The van der Waals surface area contributed by atoms with E-state index in [1.165, 1.54) is 276 Å². The molecule has 0 saturated heterocycles. The predicted octanol–water partition coefficient (Wildman–Crippen LogP) is 23.8. The maximum Gasteiger partial charge on any atom is 0.306 e. The van der Waals surface area contributed by atoms with E-state index in [0.29, 0.717) is 19.3 Å². The Labute approximate surface area is 481 Å². The van der Waals surface area contributed by atoms with E-state index in [2.05, 4.69) is 45.1 Å². The summed E-state index contributed by atoms with van der Waals surface area (Å²) in [5.74, 6) is -0.853. The molecule has 1 atom stereocenters. The lowest BCUT2D eigenvalue weighted by atomic mass is 10.0. The van der Waals surface area contributed by atoms with Crippen LogP contribution in [0.15, 0.2) is 24.3 Å². The van der Waals surface area contributed by atoms with E-state index < -0.39 is 6.10 Å². The topological polar surface area (TPSA) is 78.9 Å². The van der Waals surface area contributed by atoms with Crippen LogP contribution in [0.25, 0.3) is 0 Å². The molecule has 0 radical (unpaired) electrons. The first-order chi connectivity index (χ1) is 38.0. The smallest absolute Gasteiger partial charge is 0.306 e. The number of unbranched alkanes of at least 4 members (excludes halogenated alkanes) is 50. The Morgan fingerprint density at radius 2 is 0.468 bits per heavy atom. The Kier molecular flexibility index (Phi) is 64.6. The van der Waals surface area contributed by atoms with Gasteiger partial charge in [-0.2, -0.15) is 0 Å². The number of carbonyl (C=O) groups excluding carboxylic acids is 3. The normalized spacial score (nSPS) is 12.1. The van der Waals surface area contributed by atoms with Crippen molar-refractivity contribution in [2.45, 2.75) is 399 Å². The third kappa shape index (κ3) is 64.6. The van der Waals surface area contributed by atoms with Crippen LogP contribution in [0.1, 0.15) is 393 Å². The fourth-order valence-electron chi connectivity index (χ4n) is 10.7. The summed E-state index contributed by atoms with van der Waals surface area (Å²) in [7, 11) is 0. The number of hydrogen-bond donors (Lipinski definition) is 0. The second-order valence-electron chi connectivity index (χ2n) is 23.8. The molecule has 1 unspecified atom stereocenters. The van der Waals surface area contributed by atoms with Crippen LogP contribution in [0.5, 0.6) is 0 Å². The number of ether oxygens (including phenoxy) is 3. The van der Waals surface area contributed by atoms with Gasteiger partial charge < -0.3 is 14.2 Å². The van der Waals surface area contributed by atoms with E-state index in [1.54, 1.807) is 0 Å². The first-order valence-electron chi connectivity index (χ1n) is 34.8. The van der Waals surface area contributed by atoms with Crippen LogP contribution in [0, 0.1) is 0 Å². The molecule has 0 aromatic heterocycles. The van der Waals surface area contributed by atoms with E-state index in [-0.39, 0.29) is 31.1 Å². The summed E-state index contributed by atoms with van der Waals surface area (Å²) in [6.07, 6.45) is 80.6. The van der Waals surface area contributed by atoms with Gasteiger partial charge in [0.15, 0.2) is 6.10 Å². The SMILES string of the molecule is CCCCCC/C=C\C/C=C\CCCCCCCC(=O)OC(COC(=O)CCCCCCCCCCCCCCCCCC)COC(=O)CCCCCCCCCCCCCCCCCCCCCCCCCCCCC. The molecule has 0 aromatic carbocycles. The van der Waals surface area contributed by atoms with Crippen molar-refractivity contribution in [2.75, 3.05) is 13.2 Å². The van der Waals surface area contributed by atoms with Crippen molar-refractivity contribution in [3.63, 3.8) is 0 Å². The molecule has 6 nitrogen and oxygen atoms in total. The van der Waals surface area contributed by atoms with Gasteiger partial charge in [0.25, 0.3) is 0 Å². The summed E-state index contributed by atoms with van der Waals surface area (Å²) in [6, 6.07) is 0. The highest BCUT2D eigenvalue weighted by Gasteiger charge is 2.19. The monoisotopic (exact) mass is 1080 g/mol. The van der Waals surface area contributed by atoms with Gasteiger partial charge in [-0.05, 0) is 51.4 Å². The maximum atomic E-state index is 12.9. The number of esters is 3. The zero-order valence-electron chi connectivity index (χ0n) is 52.3. The minimum Gasteiger partial charge on any atom is -0.462 e. The van der Waals surface area contributed by atoms with E-state index in [9.17, 15) is 14.4 Å². The molecule has 0 fully saturated rings. The predicted molar refractivity (Wildman–Crippen MR) is 335 cm³/mol. The van der Waals surface area contributed by atoms with Gasteiger partial charge in [0, 0.05) is 19.3 Å². The van der Waals surface area contributed by atoms with Crippen LogP contribution in [-0.4, -0.2) is 37.2 Å². The van der Waals surface area contributed by atoms with Gasteiger partial charge in [-0.15, -0.1) is 0 Å². The zero-order chi connectivity index (χ0) is 55.7. The molecule has 0 saturated carbocycles. The Hall–Kier alpha value is -2.11. The van der Waals surface area contributed by atoms with Crippen LogP contribution >= 0.6 is 0 Å². The first kappa shape index (κ1) is 74.9. The van der Waals surface area contributed by atoms with Crippen LogP contribution < -0.4 is 0 Å². The molecule has 0 aliphatic carbocycles. The maximum absolute atomic E-state index is 12.9. The summed E-state index contributed by atoms with van der Waals surface area (Å²) < 4.78 is 17.0. The molecule has 0 aromatic rings. The van der Waals surface area contributed by atoms with Gasteiger partial charge in [0.1, 0.15) is 13.2 Å². The van der Waals surface area contributed by atoms with Crippen LogP contribution in [0.4, 0.5) is 0 Å². The summed E-state index contributed by atoms with van der Waals surface area (Å²) >= 11 is 0. The standard InChI is InChI=1S/C71H134O6/c1-4-7-10-13-16-19-22-25-28-31-32-33-34-35-36-37-38-39-40-41-44-46-49-52-55-58-61-64-70(73)76-67-68(77-71(74)65-62-59-56-53-50-47-43-30-27-24-21-18-15-12-9-6-3)66-75-69(72)63-60-57-54-51-48-45-42-29-26-23-20-17-14-11-8-5-2/h21,24,30,43,68H,4-20,22-23,25-29,31-42,44-67H2,1-3H3/b24-21-,43-30-. The van der Waals surface area contributed by atoms with Crippen molar-refractivity contribution >= 4 is 17.9 Å². The highest BCUT2D eigenvalue weighted by molar-refractivity contribution is 5.71. The third-order valence-electron chi connectivity index (χ3n) is 16.0. The highest BCUT2D eigenvalue weighted by atomic mass is 16.6. The average molecular weight is 1080 g/mol. The van der Waals surface area contributed by atoms with Crippen molar-refractivity contribution < 1.29 is 28.6 Å². The second-order valence-corrected chi connectivity index (χ2v) is 23.8. The Morgan fingerprint density at radius 3 is 0.727 bits per heavy atom. The van der Waals surface area contributed by atoms with Crippen molar-refractivity contribution in [2.24, 2.45) is 0 Å². The quantitative estimate of drug-likeness (QED) is 0.0261. The molecule has 0 aliphatic heterocycles. The van der Waals surface area contributed by atoms with Gasteiger partial charge in [-0.3, -0.25) is 14.4 Å². The van der Waals surface area contributed by atoms with Gasteiger partial charge >= 0.3 is 17.9 Å². The average Bonchev–Trinajstić information content (AvgIpc) is 3.43. The molecule has 0 amide bonds. The second kappa shape index (κ2) is 66.4. The van der Waals surface area contributed by atoms with Crippen molar-refractivity contribution in [3.8, 4) is 0 Å². The van der Waals surface area contributed by atoms with Gasteiger partial charge in [-0.25, -0.2) is 0 Å². The number of carbonyl (C=O) groups is 3. The Balaban J connectivity index is 4.21. The van der Waals surface area contributed by atoms with E-state index in [4.69, 9.17) is 14.2 Å². The van der Waals surface area contributed by atoms with Crippen molar-refractivity contribution in [3.05, 3.63) is 24.3 Å². The molecule has 0 heterocycles. The van der Waals surface area contributed by atoms with Crippen LogP contribution in [0.3, 0.4) is 0 Å². The van der Waals surface area contributed by atoms with Crippen molar-refractivity contribution in [1.82, 2.24) is 0 Å². The molecular weight excluding hydrogens is 949 g/mol. The molecule has 77 heavy (non-hydrogen) atoms. The molecular formula is C71H134O6. The fourth-order valence-corrected chi connectivity index (χ4v) is 10.7. The minimum atomic E-state index is -0.775. The number of hydrogen-bond acceptors (Lipinski definition) is 6. The highest BCUT2D eigenvalue weighted by Crippen LogP contribution is 2.19. The molecule has 454 valence electrons. The first-order valence-corrected chi connectivity index (χ1v) is 34.8. The Bertz CT molecular complexity index is 1240. The summed E-state index contributed by atoms with van der Waals surface area (Å²) in [5.41, 5.74) is 0. The molecule has 0 spiro atoms. The third-order valence-corrected chi connectivity index (χ3v) is 16.0. The minimum absolute atomic E-state index is 0.0708. The van der Waals surface area contributed by atoms with Gasteiger partial charge in [0.2, 0.25) is 0 Å². The van der Waals surface area contributed by atoms with E-state index in [0.717, 1.165) is 77.0 Å². The summed E-state index contributed by atoms with van der Waals surface area (Å²) in [5, 5.41) is 0. The van der Waals surface area contributed by atoms with E-state index in [1.807, 2.05) is 0 Å².